The Kier molecular flexibility index (Phi) is 7.65. The summed E-state index contributed by atoms with van der Waals surface area (Å²) in [6.07, 6.45) is -6.13. The van der Waals surface area contributed by atoms with Gasteiger partial charge in [0.2, 0.25) is 0 Å². The zero-order valence-corrected chi connectivity index (χ0v) is 17.8. The van der Waals surface area contributed by atoms with Gasteiger partial charge >= 0.3 is 5.69 Å². The van der Waals surface area contributed by atoms with Gasteiger partial charge in [-0.25, -0.2) is 9.18 Å². The number of aryl methyl sites for hydroxylation is 1. The number of aliphatic hydroxyl groups is 2. The van der Waals surface area contributed by atoms with Crippen LogP contribution in [0.2, 0.25) is 0 Å². The Labute approximate surface area is 171 Å². The predicted molar refractivity (Wildman–Crippen MR) is 86.7 cm³/mol. The van der Waals surface area contributed by atoms with Crippen molar-refractivity contribution in [1.29, 1.82) is 0 Å². The van der Waals surface area contributed by atoms with Crippen LogP contribution in [0, 0.1) is 6.92 Å². The third-order valence-electron chi connectivity index (χ3n) is 3.89. The number of aliphatic hydroxyl groups excluding tert-OH is 2. The molecule has 1 aliphatic rings. The average molecular weight is 510 g/mol. The van der Waals surface area contributed by atoms with Crippen LogP contribution < -0.4 is 30.8 Å². The standard InChI is InChI=1S/C11H18FN2O14P3/c1-4-2-14(11(18)13-8(4)17)9-7(16)6(15)5(27-9)3-26-31(24,25)28-30(22,23)10(12)29(19,20)21/h2,5-7,9-10,15-16H,3H2,1H3,(H,22,23)(H,24,25)(H,13,17,18)(H2,19,20,21)/p-4/t5-,6-,7-,9-,10?/m1/s1. The normalized spacial score (nSPS) is 29.3. The van der Waals surface area contributed by atoms with Crippen LogP contribution in [0.4, 0.5) is 4.39 Å². The molecule has 0 bridgehead atoms. The van der Waals surface area contributed by atoms with Crippen molar-refractivity contribution in [2.45, 2.75) is 37.1 Å². The molecule has 1 aliphatic heterocycles. The van der Waals surface area contributed by atoms with Crippen LogP contribution in [0.1, 0.15) is 11.8 Å². The van der Waals surface area contributed by atoms with Gasteiger partial charge in [-0.15, -0.1) is 0 Å². The molecule has 20 heteroatoms. The van der Waals surface area contributed by atoms with Gasteiger partial charge in [-0.1, -0.05) is 0 Å². The minimum Gasteiger partial charge on any atom is -0.808 e. The lowest BCUT2D eigenvalue weighted by Gasteiger charge is -2.41. The van der Waals surface area contributed by atoms with Crippen molar-refractivity contribution >= 4 is 23.0 Å². The number of aromatic amines is 1. The highest BCUT2D eigenvalue weighted by atomic mass is 31.3. The molecular formula is C11H14FN2O14P3-4. The second-order valence-electron chi connectivity index (χ2n) is 6.24. The number of nitrogens with one attached hydrogen (secondary N) is 1. The molecule has 3 N–H and O–H groups in total. The van der Waals surface area contributed by atoms with E-state index in [0.717, 1.165) is 6.20 Å². The summed E-state index contributed by atoms with van der Waals surface area (Å²) in [6, 6.07) is 0. The topological polar surface area (TPSA) is 266 Å². The Bertz CT molecular complexity index is 1080. The minimum atomic E-state index is -6.43. The van der Waals surface area contributed by atoms with E-state index in [0.29, 0.717) is 4.57 Å². The maximum atomic E-state index is 13.2. The highest BCUT2D eigenvalue weighted by molar-refractivity contribution is 7.72. The van der Waals surface area contributed by atoms with Gasteiger partial charge in [0.15, 0.2) is 19.5 Å². The largest absolute Gasteiger partial charge is 0.808 e. The van der Waals surface area contributed by atoms with Crippen LogP contribution in [0.25, 0.3) is 0 Å². The minimum absolute atomic E-state index is 0.0167. The maximum Gasteiger partial charge on any atom is 0.330 e. The summed E-state index contributed by atoms with van der Waals surface area (Å²) in [5.41, 5.74) is -5.98. The number of hydrogen-bond donors (Lipinski definition) is 3. The molecule has 16 nitrogen and oxygen atoms in total. The third kappa shape index (κ3) is 6.05. The summed E-state index contributed by atoms with van der Waals surface area (Å²) in [6.45, 7) is 0.0656. The van der Waals surface area contributed by atoms with E-state index in [2.05, 4.69) is 8.83 Å². The van der Waals surface area contributed by atoms with Crippen molar-refractivity contribution in [3.63, 3.8) is 0 Å². The number of alkyl halides is 1. The Morgan fingerprint density at radius 3 is 2.35 bits per heavy atom. The molecule has 7 atom stereocenters. The Morgan fingerprint density at radius 2 is 1.81 bits per heavy atom. The van der Waals surface area contributed by atoms with E-state index in [1.165, 1.54) is 6.92 Å². The zero-order valence-electron chi connectivity index (χ0n) is 15.1. The first kappa shape index (κ1) is 26.2. The van der Waals surface area contributed by atoms with E-state index in [-0.39, 0.29) is 5.56 Å². The van der Waals surface area contributed by atoms with E-state index in [9.17, 15) is 57.5 Å². The lowest BCUT2D eigenvalue weighted by Crippen LogP contribution is -2.38. The molecule has 1 aromatic heterocycles. The fraction of sp³-hybridized carbons (Fsp3) is 0.636. The molecule has 0 spiro atoms. The first-order chi connectivity index (χ1) is 14.0. The SMILES string of the molecule is Cc1cn([C@@H]2O[C@H](COP(=O)([O-])OP(=O)([O-])C(F)P(=O)([O-])[O-])[C@@H](O)[C@H]2O)c(=O)[nH]c1=O. The second kappa shape index (κ2) is 9.06. The molecule has 31 heavy (non-hydrogen) atoms. The zero-order chi connectivity index (χ0) is 23.9. The molecular weight excluding hydrogens is 496 g/mol. The van der Waals surface area contributed by atoms with Gasteiger partial charge in [0.1, 0.15) is 18.3 Å². The summed E-state index contributed by atoms with van der Waals surface area (Å²) in [4.78, 5) is 68.9. The first-order valence-electron chi connectivity index (χ1n) is 7.93. The third-order valence-corrected chi connectivity index (χ3v) is 8.81. The van der Waals surface area contributed by atoms with E-state index < -0.39 is 71.1 Å². The summed E-state index contributed by atoms with van der Waals surface area (Å²) >= 11 is 0. The molecule has 2 rings (SSSR count). The molecule has 178 valence electrons. The molecule has 0 radical (unpaired) electrons. The smallest absolute Gasteiger partial charge is 0.330 e. The van der Waals surface area contributed by atoms with Crippen molar-refractivity contribution in [3.05, 3.63) is 32.6 Å². The summed E-state index contributed by atoms with van der Waals surface area (Å²) in [7, 11) is -18.8. The monoisotopic (exact) mass is 510 g/mol. The number of phosphoric ester groups is 1. The van der Waals surface area contributed by atoms with Crippen molar-refractivity contribution in [2.24, 2.45) is 0 Å². The Hall–Kier alpha value is -1.06. The quantitative estimate of drug-likeness (QED) is 0.279. The Morgan fingerprint density at radius 1 is 1.23 bits per heavy atom. The Balaban J connectivity index is 2.12. The number of phosphoric acid groups is 1. The highest BCUT2D eigenvalue weighted by Crippen LogP contribution is 2.64. The first-order valence-corrected chi connectivity index (χ1v) is 12.6. The number of nitrogens with zero attached hydrogens (tertiary/aromatic N) is 1. The lowest BCUT2D eigenvalue weighted by atomic mass is 10.1. The highest BCUT2D eigenvalue weighted by Gasteiger charge is 2.45. The summed E-state index contributed by atoms with van der Waals surface area (Å²) < 4.78 is 59.6. The van der Waals surface area contributed by atoms with E-state index in [1.54, 1.807) is 0 Å². The fourth-order valence-electron chi connectivity index (χ4n) is 2.41. The van der Waals surface area contributed by atoms with Gasteiger partial charge in [-0.05, 0) is 14.5 Å². The van der Waals surface area contributed by atoms with Crippen LogP contribution in [0.3, 0.4) is 0 Å². The van der Waals surface area contributed by atoms with E-state index >= 15 is 0 Å². The molecule has 2 heterocycles. The summed E-state index contributed by atoms with van der Waals surface area (Å²) in [5, 5.41) is 20.0. The van der Waals surface area contributed by atoms with Crippen LogP contribution in [-0.4, -0.2) is 50.3 Å². The molecule has 0 saturated carbocycles. The number of H-pyrrole nitrogens is 1. The van der Waals surface area contributed by atoms with Crippen LogP contribution in [-0.2, 0) is 27.3 Å². The van der Waals surface area contributed by atoms with Crippen molar-refractivity contribution < 1.29 is 61.4 Å². The molecule has 3 unspecified atom stereocenters. The second-order valence-corrected chi connectivity index (χ2v) is 11.5. The number of hydrogen-bond acceptors (Lipinski definition) is 14. The predicted octanol–water partition coefficient (Wildman–Crippen LogP) is -4.31. The number of halogens is 1. The van der Waals surface area contributed by atoms with Crippen molar-refractivity contribution in [3.8, 4) is 0 Å². The number of aromatic nitrogens is 2. The van der Waals surface area contributed by atoms with E-state index in [1.807, 2.05) is 4.98 Å². The van der Waals surface area contributed by atoms with Crippen molar-refractivity contribution in [2.75, 3.05) is 6.61 Å². The number of rotatable bonds is 8. The van der Waals surface area contributed by atoms with Gasteiger partial charge in [0.25, 0.3) is 13.4 Å². The van der Waals surface area contributed by atoms with Crippen LogP contribution in [0.15, 0.2) is 15.8 Å². The van der Waals surface area contributed by atoms with Gasteiger partial charge in [0.05, 0.1) is 6.61 Å². The molecule has 0 aromatic carbocycles. The molecule has 1 fully saturated rings. The molecule has 0 amide bonds. The summed E-state index contributed by atoms with van der Waals surface area (Å²) in [5.74, 6) is 0. The van der Waals surface area contributed by atoms with Crippen LogP contribution in [0.5, 0.6) is 0 Å². The lowest BCUT2D eigenvalue weighted by molar-refractivity contribution is -0.319. The molecule has 1 aromatic rings. The fourth-order valence-corrected chi connectivity index (χ4v) is 6.12. The van der Waals surface area contributed by atoms with Gasteiger partial charge < -0.3 is 48.2 Å². The van der Waals surface area contributed by atoms with Crippen molar-refractivity contribution in [1.82, 2.24) is 9.55 Å². The van der Waals surface area contributed by atoms with Gasteiger partial charge in [0, 0.05) is 11.8 Å². The molecule has 0 aliphatic carbocycles. The van der Waals surface area contributed by atoms with Gasteiger partial charge in [-0.3, -0.25) is 23.2 Å². The maximum absolute atomic E-state index is 13.2. The van der Waals surface area contributed by atoms with Crippen LogP contribution >= 0.6 is 23.0 Å². The number of ether oxygens (including phenoxy) is 1. The molecule has 1 saturated heterocycles. The van der Waals surface area contributed by atoms with E-state index in [4.69, 9.17) is 4.74 Å². The average Bonchev–Trinajstić information content (AvgIpc) is 2.89. The van der Waals surface area contributed by atoms with Gasteiger partial charge in [-0.2, -0.15) is 0 Å².